The van der Waals surface area contributed by atoms with E-state index < -0.39 is 0 Å². The van der Waals surface area contributed by atoms with E-state index >= 15 is 0 Å². The van der Waals surface area contributed by atoms with E-state index in [2.05, 4.69) is 22.0 Å². The number of pyridine rings is 2. The van der Waals surface area contributed by atoms with Gasteiger partial charge in [-0.05, 0) is 57.0 Å². The van der Waals surface area contributed by atoms with Crippen molar-refractivity contribution in [2.24, 2.45) is 0 Å². The van der Waals surface area contributed by atoms with Gasteiger partial charge in [0.2, 0.25) is 0 Å². The smallest absolute Gasteiger partial charge is 0.278 e. The van der Waals surface area contributed by atoms with Crippen LogP contribution in [-0.4, -0.2) is 32.2 Å². The molecule has 26 heavy (non-hydrogen) atoms. The lowest BCUT2D eigenvalue weighted by molar-refractivity contribution is 0.0953. The highest BCUT2D eigenvalue weighted by Crippen LogP contribution is 2.32. The van der Waals surface area contributed by atoms with Gasteiger partial charge in [0.15, 0.2) is 0 Å². The Kier molecular flexibility index (Phi) is 3.83. The Hall–Kier alpha value is -3.02. The summed E-state index contributed by atoms with van der Waals surface area (Å²) in [5.41, 5.74) is 5.35. The summed E-state index contributed by atoms with van der Waals surface area (Å²) in [6.07, 6.45) is 3.53. The molecule has 1 atom stereocenters. The summed E-state index contributed by atoms with van der Waals surface area (Å²) in [6, 6.07) is 7.88. The summed E-state index contributed by atoms with van der Waals surface area (Å²) in [6.45, 7) is 8.55. The summed E-state index contributed by atoms with van der Waals surface area (Å²) >= 11 is 0. The molecule has 0 radical (unpaired) electrons. The van der Waals surface area contributed by atoms with Crippen molar-refractivity contribution in [3.63, 3.8) is 0 Å². The number of fused-ring (bicyclic) bond motifs is 1. The fourth-order valence-corrected chi connectivity index (χ4v) is 3.35. The third-order valence-corrected chi connectivity index (χ3v) is 4.93. The second-order valence-corrected chi connectivity index (χ2v) is 6.87. The van der Waals surface area contributed by atoms with Gasteiger partial charge in [-0.1, -0.05) is 6.07 Å². The van der Waals surface area contributed by atoms with Crippen molar-refractivity contribution in [2.45, 2.75) is 33.7 Å². The molecule has 1 aliphatic rings. The maximum absolute atomic E-state index is 13.3. The van der Waals surface area contributed by atoms with Gasteiger partial charge in [0, 0.05) is 29.7 Å². The summed E-state index contributed by atoms with van der Waals surface area (Å²) in [7, 11) is 0. The van der Waals surface area contributed by atoms with Gasteiger partial charge >= 0.3 is 0 Å². The minimum Gasteiger partial charge on any atom is -0.289 e. The molecule has 4 rings (SSSR count). The minimum atomic E-state index is -0.0687. The molecule has 132 valence electrons. The third kappa shape index (κ3) is 2.58. The van der Waals surface area contributed by atoms with E-state index in [1.165, 1.54) is 0 Å². The largest absolute Gasteiger partial charge is 0.289 e. The maximum atomic E-state index is 13.3. The summed E-state index contributed by atoms with van der Waals surface area (Å²) in [5.74, 6) is 0.620. The van der Waals surface area contributed by atoms with Crippen LogP contribution in [0.2, 0.25) is 0 Å². The van der Waals surface area contributed by atoms with Crippen LogP contribution in [0.4, 0.5) is 5.82 Å². The Morgan fingerprint density at radius 3 is 2.69 bits per heavy atom. The number of aromatic nitrogens is 4. The van der Waals surface area contributed by atoms with Gasteiger partial charge in [-0.3, -0.25) is 19.4 Å². The second-order valence-electron chi connectivity index (χ2n) is 6.87. The molecular weight excluding hydrogens is 326 g/mol. The van der Waals surface area contributed by atoms with Gasteiger partial charge in [-0.25, -0.2) is 4.98 Å². The van der Waals surface area contributed by atoms with E-state index in [1.54, 1.807) is 17.3 Å². The van der Waals surface area contributed by atoms with Crippen LogP contribution in [0, 0.1) is 20.8 Å². The molecule has 3 aromatic rings. The van der Waals surface area contributed by atoms with E-state index in [0.717, 1.165) is 28.1 Å². The van der Waals surface area contributed by atoms with Crippen LogP contribution in [0.5, 0.6) is 0 Å². The summed E-state index contributed by atoms with van der Waals surface area (Å²) < 4.78 is 1.82. The number of hydrogen-bond donors (Lipinski definition) is 0. The average molecular weight is 347 g/mol. The zero-order valence-electron chi connectivity index (χ0n) is 15.4. The number of amides is 1. The highest BCUT2D eigenvalue weighted by Gasteiger charge is 2.34. The molecule has 0 saturated heterocycles. The van der Waals surface area contributed by atoms with E-state index in [-0.39, 0.29) is 11.9 Å². The molecule has 1 amide bonds. The molecule has 0 spiro atoms. The van der Waals surface area contributed by atoms with Crippen molar-refractivity contribution in [1.29, 1.82) is 0 Å². The summed E-state index contributed by atoms with van der Waals surface area (Å²) in [4.78, 5) is 23.9. The number of hydrogen-bond acceptors (Lipinski definition) is 4. The first-order valence-corrected chi connectivity index (χ1v) is 8.72. The molecule has 0 aliphatic carbocycles. The predicted octanol–water partition coefficient (Wildman–Crippen LogP) is 3.49. The van der Waals surface area contributed by atoms with Gasteiger partial charge < -0.3 is 0 Å². The molecule has 0 unspecified atom stereocenters. The number of rotatable bonds is 2. The van der Waals surface area contributed by atoms with Crippen molar-refractivity contribution in [3.8, 4) is 11.1 Å². The first-order chi connectivity index (χ1) is 12.5. The average Bonchev–Trinajstić information content (AvgIpc) is 3.06. The molecule has 4 heterocycles. The fourth-order valence-electron chi connectivity index (χ4n) is 3.35. The Balaban J connectivity index is 1.82. The van der Waals surface area contributed by atoms with Crippen LogP contribution in [-0.2, 0) is 0 Å². The first-order valence-electron chi connectivity index (χ1n) is 8.72. The van der Waals surface area contributed by atoms with Gasteiger partial charge in [0.1, 0.15) is 11.5 Å². The van der Waals surface area contributed by atoms with Crippen LogP contribution in [0.1, 0.15) is 40.4 Å². The van der Waals surface area contributed by atoms with Gasteiger partial charge in [-0.2, -0.15) is 5.10 Å². The van der Waals surface area contributed by atoms with E-state index in [0.29, 0.717) is 18.1 Å². The predicted molar refractivity (Wildman–Crippen MR) is 100 cm³/mol. The van der Waals surface area contributed by atoms with Crippen LogP contribution in [0.15, 0.2) is 36.7 Å². The molecule has 1 aliphatic heterocycles. The molecule has 0 fully saturated rings. The Labute approximate surface area is 152 Å². The molecular formula is C20H21N5O. The molecule has 6 heteroatoms. The van der Waals surface area contributed by atoms with Crippen LogP contribution in [0.3, 0.4) is 0 Å². The van der Waals surface area contributed by atoms with Crippen LogP contribution in [0.25, 0.3) is 11.1 Å². The zero-order chi connectivity index (χ0) is 18.4. The zero-order valence-corrected chi connectivity index (χ0v) is 15.4. The molecule has 0 bridgehead atoms. The summed E-state index contributed by atoms with van der Waals surface area (Å²) in [5, 5.41) is 4.48. The Morgan fingerprint density at radius 2 is 1.96 bits per heavy atom. The SMILES string of the molecule is Cc1cc(-c2cnn3c2C(=O)N(c2ccc(C)c(C)n2)C[C@@H]3C)ccn1. The molecule has 3 aromatic heterocycles. The van der Waals surface area contributed by atoms with E-state index in [4.69, 9.17) is 0 Å². The van der Waals surface area contributed by atoms with Crippen molar-refractivity contribution < 1.29 is 4.79 Å². The van der Waals surface area contributed by atoms with Gasteiger partial charge in [0.25, 0.3) is 5.91 Å². The van der Waals surface area contributed by atoms with E-state index in [1.807, 2.05) is 49.7 Å². The number of carbonyl (C=O) groups is 1. The van der Waals surface area contributed by atoms with Gasteiger partial charge in [-0.15, -0.1) is 0 Å². The topological polar surface area (TPSA) is 63.9 Å². The normalized spacial score (nSPS) is 16.7. The van der Waals surface area contributed by atoms with Crippen molar-refractivity contribution >= 4 is 11.7 Å². The lowest BCUT2D eigenvalue weighted by atomic mass is 10.0. The van der Waals surface area contributed by atoms with E-state index in [9.17, 15) is 4.79 Å². The monoisotopic (exact) mass is 347 g/mol. The van der Waals surface area contributed by atoms with Crippen molar-refractivity contribution in [3.05, 3.63) is 59.3 Å². The highest BCUT2D eigenvalue weighted by atomic mass is 16.2. The van der Waals surface area contributed by atoms with Gasteiger partial charge in [0.05, 0.1) is 12.2 Å². The number of carbonyl (C=O) groups excluding carboxylic acids is 1. The molecule has 0 N–H and O–H groups in total. The number of nitrogens with zero attached hydrogens (tertiary/aromatic N) is 5. The number of anilines is 1. The fraction of sp³-hybridized carbons (Fsp3) is 0.300. The van der Waals surface area contributed by atoms with Crippen molar-refractivity contribution in [2.75, 3.05) is 11.4 Å². The maximum Gasteiger partial charge on any atom is 0.278 e. The Bertz CT molecular complexity index is 1010. The van der Waals surface area contributed by atoms with Crippen molar-refractivity contribution in [1.82, 2.24) is 19.7 Å². The minimum absolute atomic E-state index is 0.0687. The lowest BCUT2D eigenvalue weighted by Crippen LogP contribution is -2.43. The second kappa shape index (κ2) is 6.05. The molecule has 0 saturated carbocycles. The quantitative estimate of drug-likeness (QED) is 0.712. The third-order valence-electron chi connectivity index (χ3n) is 4.93. The van der Waals surface area contributed by atoms with Crippen LogP contribution >= 0.6 is 0 Å². The Morgan fingerprint density at radius 1 is 1.15 bits per heavy atom. The number of aryl methyl sites for hydroxylation is 3. The standard InChI is InChI=1S/C20H21N5O/c1-12-5-6-18(23-15(12)4)24-11-14(3)25-19(20(24)26)17(10-22-25)16-7-8-21-13(2)9-16/h5-10,14H,11H2,1-4H3/t14-/m0/s1. The molecule has 6 nitrogen and oxygen atoms in total. The molecule has 0 aromatic carbocycles. The van der Waals surface area contributed by atoms with Crippen LogP contribution < -0.4 is 4.90 Å². The highest BCUT2D eigenvalue weighted by molar-refractivity contribution is 6.09. The lowest BCUT2D eigenvalue weighted by Gasteiger charge is -2.32. The first kappa shape index (κ1) is 16.4.